The Balaban J connectivity index is 1.54. The number of esters is 1. The molecule has 0 unspecified atom stereocenters. The Labute approximate surface area is 157 Å². The molecular formula is C21H22N2O4. The lowest BCUT2D eigenvalue weighted by atomic mass is 10.1. The SMILES string of the molecule is Cc1cc(C)cc(OCCC(=O)OCc2cc(=O)n3cc(C)ccc3n2)c1. The summed E-state index contributed by atoms with van der Waals surface area (Å²) in [6.07, 6.45) is 1.85. The predicted octanol–water partition coefficient (Wildman–Crippen LogP) is 3.13. The maximum Gasteiger partial charge on any atom is 0.309 e. The van der Waals surface area contributed by atoms with Crippen LogP contribution in [0.1, 0.15) is 28.8 Å². The van der Waals surface area contributed by atoms with Crippen LogP contribution < -0.4 is 10.3 Å². The van der Waals surface area contributed by atoms with Gasteiger partial charge in [0.15, 0.2) is 0 Å². The molecule has 6 heteroatoms. The predicted molar refractivity (Wildman–Crippen MR) is 102 cm³/mol. The zero-order valence-corrected chi connectivity index (χ0v) is 15.7. The van der Waals surface area contributed by atoms with Crippen molar-refractivity contribution in [3.8, 4) is 5.75 Å². The molecule has 0 saturated heterocycles. The molecule has 27 heavy (non-hydrogen) atoms. The van der Waals surface area contributed by atoms with Gasteiger partial charge in [0.05, 0.1) is 18.7 Å². The van der Waals surface area contributed by atoms with Crippen LogP contribution in [0.25, 0.3) is 5.65 Å². The zero-order chi connectivity index (χ0) is 19.4. The van der Waals surface area contributed by atoms with E-state index in [0.29, 0.717) is 11.3 Å². The van der Waals surface area contributed by atoms with Crippen molar-refractivity contribution in [2.24, 2.45) is 0 Å². The lowest BCUT2D eigenvalue weighted by molar-refractivity contribution is -0.145. The van der Waals surface area contributed by atoms with Crippen LogP contribution in [0.5, 0.6) is 5.75 Å². The standard InChI is InChI=1S/C21H22N2O4/c1-14-4-5-19-22-17(11-20(24)23(19)12-14)13-27-21(25)6-7-26-18-9-15(2)8-16(3)10-18/h4-5,8-12H,6-7,13H2,1-3H3. The Morgan fingerprint density at radius 3 is 2.52 bits per heavy atom. The zero-order valence-electron chi connectivity index (χ0n) is 15.7. The summed E-state index contributed by atoms with van der Waals surface area (Å²) in [6.45, 7) is 6.08. The number of fused-ring (bicyclic) bond motifs is 1. The molecule has 0 amide bonds. The van der Waals surface area contributed by atoms with Gasteiger partial charge in [0.2, 0.25) is 0 Å². The first-order valence-corrected chi connectivity index (χ1v) is 8.76. The van der Waals surface area contributed by atoms with Gasteiger partial charge >= 0.3 is 5.97 Å². The second-order valence-electron chi connectivity index (χ2n) is 6.60. The van der Waals surface area contributed by atoms with Crippen molar-refractivity contribution < 1.29 is 14.3 Å². The van der Waals surface area contributed by atoms with Gasteiger partial charge in [0.25, 0.3) is 5.56 Å². The summed E-state index contributed by atoms with van der Waals surface area (Å²) in [4.78, 5) is 28.4. The number of pyridine rings is 1. The molecule has 3 aromatic rings. The quantitative estimate of drug-likeness (QED) is 0.627. The molecule has 0 saturated carbocycles. The highest BCUT2D eigenvalue weighted by molar-refractivity contribution is 5.69. The van der Waals surface area contributed by atoms with Crippen molar-refractivity contribution in [3.63, 3.8) is 0 Å². The average Bonchev–Trinajstić information content (AvgIpc) is 2.60. The van der Waals surface area contributed by atoms with Gasteiger partial charge in [-0.3, -0.25) is 14.0 Å². The number of hydrogen-bond acceptors (Lipinski definition) is 5. The average molecular weight is 366 g/mol. The minimum atomic E-state index is -0.398. The molecule has 2 aromatic heterocycles. The number of rotatable bonds is 6. The molecule has 0 aliphatic carbocycles. The molecule has 0 N–H and O–H groups in total. The van der Waals surface area contributed by atoms with Crippen molar-refractivity contribution in [1.82, 2.24) is 9.38 Å². The number of carbonyl (C=O) groups is 1. The summed E-state index contributed by atoms with van der Waals surface area (Å²) >= 11 is 0. The van der Waals surface area contributed by atoms with Gasteiger partial charge in [-0.15, -0.1) is 0 Å². The molecular weight excluding hydrogens is 344 g/mol. The molecule has 0 bridgehead atoms. The molecule has 0 fully saturated rings. The number of benzene rings is 1. The summed E-state index contributed by atoms with van der Waals surface area (Å²) in [7, 11) is 0. The van der Waals surface area contributed by atoms with Crippen molar-refractivity contribution in [2.75, 3.05) is 6.61 Å². The van der Waals surface area contributed by atoms with E-state index in [0.717, 1.165) is 22.4 Å². The van der Waals surface area contributed by atoms with Crippen LogP contribution in [-0.4, -0.2) is 22.0 Å². The Morgan fingerprint density at radius 1 is 1.04 bits per heavy atom. The van der Waals surface area contributed by atoms with Crippen LogP contribution in [0, 0.1) is 20.8 Å². The third-order valence-corrected chi connectivity index (χ3v) is 4.01. The van der Waals surface area contributed by atoms with Crippen LogP contribution in [-0.2, 0) is 16.1 Å². The molecule has 2 heterocycles. The van der Waals surface area contributed by atoms with Crippen molar-refractivity contribution in [1.29, 1.82) is 0 Å². The van der Waals surface area contributed by atoms with Crippen molar-refractivity contribution >= 4 is 11.6 Å². The van der Waals surface area contributed by atoms with Gasteiger partial charge in [-0.05, 0) is 55.7 Å². The first-order chi connectivity index (χ1) is 12.9. The minimum Gasteiger partial charge on any atom is -0.493 e. The van der Waals surface area contributed by atoms with Crippen molar-refractivity contribution in [2.45, 2.75) is 33.8 Å². The van der Waals surface area contributed by atoms with Gasteiger partial charge in [-0.2, -0.15) is 0 Å². The number of aryl methyl sites for hydroxylation is 3. The Morgan fingerprint density at radius 2 is 1.78 bits per heavy atom. The maximum absolute atomic E-state index is 12.1. The van der Waals surface area contributed by atoms with Crippen molar-refractivity contribution in [3.05, 3.63) is 75.3 Å². The topological polar surface area (TPSA) is 69.9 Å². The smallest absolute Gasteiger partial charge is 0.309 e. The van der Waals surface area contributed by atoms with E-state index in [2.05, 4.69) is 11.1 Å². The molecule has 3 rings (SSSR count). The molecule has 0 radical (unpaired) electrons. The number of carbonyl (C=O) groups excluding carboxylic acids is 1. The van der Waals surface area contributed by atoms with E-state index < -0.39 is 5.97 Å². The van der Waals surface area contributed by atoms with Crippen LogP contribution in [0.2, 0.25) is 0 Å². The monoisotopic (exact) mass is 366 g/mol. The second-order valence-corrected chi connectivity index (χ2v) is 6.60. The highest BCUT2D eigenvalue weighted by Crippen LogP contribution is 2.16. The molecule has 0 spiro atoms. The summed E-state index contributed by atoms with van der Waals surface area (Å²) in [5.74, 6) is 0.338. The Bertz CT molecular complexity index is 1020. The lowest BCUT2D eigenvalue weighted by Crippen LogP contribution is -2.17. The van der Waals surface area contributed by atoms with E-state index in [-0.39, 0.29) is 25.2 Å². The van der Waals surface area contributed by atoms with Gasteiger partial charge in [0.1, 0.15) is 18.0 Å². The fraction of sp³-hybridized carbons (Fsp3) is 0.286. The lowest BCUT2D eigenvalue weighted by Gasteiger charge is -2.09. The van der Waals surface area contributed by atoms with E-state index in [1.54, 1.807) is 12.3 Å². The Hall–Kier alpha value is -3.15. The van der Waals surface area contributed by atoms with E-state index in [4.69, 9.17) is 9.47 Å². The summed E-state index contributed by atoms with van der Waals surface area (Å²) in [5.41, 5.74) is 3.93. The van der Waals surface area contributed by atoms with E-state index in [1.165, 1.54) is 10.5 Å². The van der Waals surface area contributed by atoms with E-state index >= 15 is 0 Å². The summed E-state index contributed by atoms with van der Waals surface area (Å²) in [6, 6.07) is 10.9. The molecule has 140 valence electrons. The fourth-order valence-electron chi connectivity index (χ4n) is 2.83. The van der Waals surface area contributed by atoms with Gasteiger partial charge < -0.3 is 9.47 Å². The highest BCUT2D eigenvalue weighted by atomic mass is 16.5. The minimum absolute atomic E-state index is 0.0397. The summed E-state index contributed by atoms with van der Waals surface area (Å²) < 4.78 is 12.3. The number of aromatic nitrogens is 2. The van der Waals surface area contributed by atoms with Gasteiger partial charge in [-0.1, -0.05) is 12.1 Å². The number of nitrogens with zero attached hydrogens (tertiary/aromatic N) is 2. The number of ether oxygens (including phenoxy) is 2. The normalized spacial score (nSPS) is 10.8. The van der Waals surface area contributed by atoms with Crippen LogP contribution in [0.3, 0.4) is 0 Å². The molecule has 0 aliphatic rings. The molecule has 0 atom stereocenters. The van der Waals surface area contributed by atoms with Gasteiger partial charge in [-0.25, -0.2) is 4.98 Å². The largest absolute Gasteiger partial charge is 0.493 e. The molecule has 0 aliphatic heterocycles. The highest BCUT2D eigenvalue weighted by Gasteiger charge is 2.08. The van der Waals surface area contributed by atoms with E-state index in [1.807, 2.05) is 39.0 Å². The third-order valence-electron chi connectivity index (χ3n) is 4.01. The number of hydrogen-bond donors (Lipinski definition) is 0. The van der Waals surface area contributed by atoms with Gasteiger partial charge in [0, 0.05) is 12.3 Å². The molecule has 1 aromatic carbocycles. The maximum atomic E-state index is 12.1. The first kappa shape index (κ1) is 18.6. The first-order valence-electron chi connectivity index (χ1n) is 8.76. The molecule has 6 nitrogen and oxygen atoms in total. The Kier molecular flexibility index (Phi) is 5.54. The van der Waals surface area contributed by atoms with Crippen LogP contribution >= 0.6 is 0 Å². The third kappa shape index (κ3) is 4.94. The second kappa shape index (κ2) is 8.03. The fourth-order valence-corrected chi connectivity index (χ4v) is 2.83. The summed E-state index contributed by atoms with van der Waals surface area (Å²) in [5, 5.41) is 0. The van der Waals surface area contributed by atoms with Crippen LogP contribution in [0.15, 0.2) is 47.4 Å². The van der Waals surface area contributed by atoms with E-state index in [9.17, 15) is 9.59 Å². The van der Waals surface area contributed by atoms with Crippen LogP contribution in [0.4, 0.5) is 0 Å².